The lowest BCUT2D eigenvalue weighted by molar-refractivity contribution is -0.402. The van der Waals surface area contributed by atoms with Crippen molar-refractivity contribution in [1.29, 1.82) is 0 Å². The summed E-state index contributed by atoms with van der Waals surface area (Å²) in [5.74, 6) is -2.09. The van der Waals surface area contributed by atoms with Gasteiger partial charge in [0.25, 0.3) is 5.91 Å². The number of nitrogens with one attached hydrogen (secondary N) is 1. The predicted octanol–water partition coefficient (Wildman–Crippen LogP) is 2.05. The van der Waals surface area contributed by atoms with Gasteiger partial charge in [0, 0.05) is 13.0 Å². The molecule has 0 aliphatic rings. The third kappa shape index (κ3) is 5.64. The minimum atomic E-state index is -0.927. The Hall–Kier alpha value is -2.38. The zero-order valence-electron chi connectivity index (χ0n) is 11.9. The number of rotatable bonds is 8. The number of nitrogens with zero attached hydrogens (tertiary/aromatic N) is 1. The van der Waals surface area contributed by atoms with Crippen LogP contribution in [0.15, 0.2) is 16.5 Å². The highest BCUT2D eigenvalue weighted by atomic mass is 16.6. The van der Waals surface area contributed by atoms with Gasteiger partial charge >= 0.3 is 11.9 Å². The van der Waals surface area contributed by atoms with Gasteiger partial charge in [-0.2, -0.15) is 0 Å². The zero-order valence-corrected chi connectivity index (χ0v) is 11.9. The molecule has 1 rings (SSSR count). The standard InChI is InChI=1S/C13H18N2O6/c1-8(2)5-9(6-12(16)17)7-14-13(18)10-3-4-11(21-10)15(19)20/h3-4,8-9H,5-7H2,1-2H3,(H,14,18)(H,16,17)/t9-/m0/s1. The molecule has 0 bridgehead atoms. The number of carbonyl (C=O) groups excluding carboxylic acids is 1. The van der Waals surface area contributed by atoms with E-state index >= 15 is 0 Å². The summed E-state index contributed by atoms with van der Waals surface area (Å²) in [4.78, 5) is 32.3. The van der Waals surface area contributed by atoms with E-state index in [-0.39, 0.29) is 24.6 Å². The van der Waals surface area contributed by atoms with E-state index in [0.717, 1.165) is 6.07 Å². The highest BCUT2D eigenvalue weighted by molar-refractivity contribution is 5.91. The Morgan fingerprint density at radius 2 is 2.10 bits per heavy atom. The fourth-order valence-electron chi connectivity index (χ4n) is 2.02. The highest BCUT2D eigenvalue weighted by Gasteiger charge is 2.20. The summed E-state index contributed by atoms with van der Waals surface area (Å²) in [5.41, 5.74) is 0. The molecule has 0 saturated heterocycles. The fraction of sp³-hybridized carbons (Fsp3) is 0.538. The van der Waals surface area contributed by atoms with Crippen LogP contribution in [0, 0.1) is 22.0 Å². The molecule has 1 aromatic rings. The smallest absolute Gasteiger partial charge is 0.433 e. The van der Waals surface area contributed by atoms with Crippen LogP contribution < -0.4 is 5.32 Å². The van der Waals surface area contributed by atoms with Gasteiger partial charge in [0.05, 0.1) is 6.07 Å². The van der Waals surface area contributed by atoms with Gasteiger partial charge in [-0.05, 0) is 24.3 Å². The van der Waals surface area contributed by atoms with Gasteiger partial charge in [0.1, 0.15) is 4.92 Å². The lowest BCUT2D eigenvalue weighted by Crippen LogP contribution is -2.30. The largest absolute Gasteiger partial charge is 0.481 e. The summed E-state index contributed by atoms with van der Waals surface area (Å²) >= 11 is 0. The van der Waals surface area contributed by atoms with E-state index in [1.54, 1.807) is 0 Å². The van der Waals surface area contributed by atoms with Gasteiger partial charge in [0.2, 0.25) is 0 Å². The molecule has 1 aromatic heterocycles. The topological polar surface area (TPSA) is 123 Å². The molecule has 0 fully saturated rings. The summed E-state index contributed by atoms with van der Waals surface area (Å²) < 4.78 is 4.77. The second kappa shape index (κ2) is 7.41. The van der Waals surface area contributed by atoms with Gasteiger partial charge in [-0.1, -0.05) is 13.8 Å². The maximum absolute atomic E-state index is 11.8. The summed E-state index contributed by atoms with van der Waals surface area (Å²) in [6, 6.07) is 2.31. The van der Waals surface area contributed by atoms with E-state index in [0.29, 0.717) is 12.3 Å². The highest BCUT2D eigenvalue weighted by Crippen LogP contribution is 2.17. The van der Waals surface area contributed by atoms with Crippen molar-refractivity contribution in [3.63, 3.8) is 0 Å². The number of aliphatic carboxylic acids is 1. The minimum Gasteiger partial charge on any atom is -0.481 e. The lowest BCUT2D eigenvalue weighted by atomic mass is 9.94. The molecule has 8 heteroatoms. The summed E-state index contributed by atoms with van der Waals surface area (Å²) in [7, 11) is 0. The van der Waals surface area contributed by atoms with Gasteiger partial charge < -0.3 is 14.8 Å². The quantitative estimate of drug-likeness (QED) is 0.559. The van der Waals surface area contributed by atoms with Crippen molar-refractivity contribution in [2.24, 2.45) is 11.8 Å². The molecule has 21 heavy (non-hydrogen) atoms. The first-order valence-corrected chi connectivity index (χ1v) is 6.53. The van der Waals surface area contributed by atoms with Crippen LogP contribution in [0.1, 0.15) is 37.2 Å². The summed E-state index contributed by atoms with van der Waals surface area (Å²) in [6.07, 6.45) is 0.613. The van der Waals surface area contributed by atoms with Crippen LogP contribution in [0.2, 0.25) is 0 Å². The van der Waals surface area contributed by atoms with Crippen LogP contribution in [-0.4, -0.2) is 28.5 Å². The molecule has 1 heterocycles. The van der Waals surface area contributed by atoms with E-state index < -0.39 is 22.7 Å². The number of carboxylic acid groups (broad SMARTS) is 1. The number of hydrogen-bond donors (Lipinski definition) is 2. The molecule has 0 radical (unpaired) electrons. The SMILES string of the molecule is CC(C)C[C@H](CNC(=O)c1ccc([N+](=O)[O-])o1)CC(=O)O. The molecule has 0 aliphatic heterocycles. The van der Waals surface area contributed by atoms with Crippen LogP contribution in [0.3, 0.4) is 0 Å². The molecule has 0 spiro atoms. The maximum Gasteiger partial charge on any atom is 0.433 e. The molecule has 0 saturated carbocycles. The lowest BCUT2D eigenvalue weighted by Gasteiger charge is -2.17. The van der Waals surface area contributed by atoms with Crippen molar-refractivity contribution in [3.8, 4) is 0 Å². The molecule has 0 unspecified atom stereocenters. The first-order valence-electron chi connectivity index (χ1n) is 6.53. The Bertz CT molecular complexity index is 522. The Morgan fingerprint density at radius 1 is 1.43 bits per heavy atom. The van der Waals surface area contributed by atoms with E-state index in [1.165, 1.54) is 6.07 Å². The Kier molecular flexibility index (Phi) is 5.89. The molecular formula is C13H18N2O6. The van der Waals surface area contributed by atoms with Crippen molar-refractivity contribution in [1.82, 2.24) is 5.32 Å². The minimum absolute atomic E-state index is 0.0449. The molecule has 8 nitrogen and oxygen atoms in total. The average Bonchev–Trinajstić information content (AvgIpc) is 2.83. The number of hydrogen-bond acceptors (Lipinski definition) is 5. The van der Waals surface area contributed by atoms with Crippen molar-refractivity contribution in [2.45, 2.75) is 26.7 Å². The van der Waals surface area contributed by atoms with Crippen LogP contribution in [0.5, 0.6) is 0 Å². The second-order valence-electron chi connectivity index (χ2n) is 5.20. The van der Waals surface area contributed by atoms with Crippen LogP contribution in [0.25, 0.3) is 0 Å². The molecule has 1 atom stereocenters. The zero-order chi connectivity index (χ0) is 16.0. The van der Waals surface area contributed by atoms with Crippen molar-refractivity contribution >= 4 is 17.8 Å². The number of amides is 1. The van der Waals surface area contributed by atoms with Gasteiger partial charge in [0.15, 0.2) is 5.76 Å². The van der Waals surface area contributed by atoms with E-state index in [4.69, 9.17) is 9.52 Å². The van der Waals surface area contributed by atoms with Crippen LogP contribution >= 0.6 is 0 Å². The number of carbonyl (C=O) groups is 2. The van der Waals surface area contributed by atoms with Crippen LogP contribution in [-0.2, 0) is 4.79 Å². The molecule has 0 aliphatic carbocycles. The third-order valence-electron chi connectivity index (χ3n) is 2.81. The van der Waals surface area contributed by atoms with E-state index in [1.807, 2.05) is 13.8 Å². The van der Waals surface area contributed by atoms with Gasteiger partial charge in [-0.15, -0.1) is 0 Å². The first-order chi connectivity index (χ1) is 9.79. The van der Waals surface area contributed by atoms with E-state index in [2.05, 4.69) is 5.32 Å². The number of furan rings is 1. The molecule has 0 aromatic carbocycles. The van der Waals surface area contributed by atoms with Gasteiger partial charge in [-0.3, -0.25) is 19.7 Å². The van der Waals surface area contributed by atoms with Crippen molar-refractivity contribution < 1.29 is 24.0 Å². The summed E-state index contributed by atoms with van der Waals surface area (Å²) in [6.45, 7) is 4.11. The second-order valence-corrected chi connectivity index (χ2v) is 5.20. The Balaban J connectivity index is 2.59. The fourth-order valence-corrected chi connectivity index (χ4v) is 2.02. The predicted molar refractivity (Wildman–Crippen MR) is 72.9 cm³/mol. The molecular weight excluding hydrogens is 280 g/mol. The first kappa shape index (κ1) is 16.7. The molecule has 1 amide bonds. The van der Waals surface area contributed by atoms with Gasteiger partial charge in [-0.25, -0.2) is 0 Å². The average molecular weight is 298 g/mol. The Morgan fingerprint density at radius 3 is 2.57 bits per heavy atom. The summed E-state index contributed by atoms with van der Waals surface area (Å²) in [5, 5.41) is 21.8. The third-order valence-corrected chi connectivity index (χ3v) is 2.81. The number of nitro groups is 1. The normalized spacial score (nSPS) is 12.1. The van der Waals surface area contributed by atoms with Crippen molar-refractivity contribution in [2.75, 3.05) is 6.54 Å². The van der Waals surface area contributed by atoms with Crippen LogP contribution in [0.4, 0.5) is 5.88 Å². The monoisotopic (exact) mass is 298 g/mol. The molecule has 2 N–H and O–H groups in total. The number of carboxylic acids is 1. The van der Waals surface area contributed by atoms with Crippen molar-refractivity contribution in [3.05, 3.63) is 28.0 Å². The van der Waals surface area contributed by atoms with E-state index in [9.17, 15) is 19.7 Å². The maximum atomic E-state index is 11.8. The molecule has 116 valence electrons. The Labute approximate surface area is 121 Å².